The van der Waals surface area contributed by atoms with Crippen LogP contribution in [0.3, 0.4) is 0 Å². The highest BCUT2D eigenvalue weighted by Crippen LogP contribution is 2.25. The van der Waals surface area contributed by atoms with Gasteiger partial charge in [0, 0.05) is 11.8 Å². The molecule has 3 heterocycles. The van der Waals surface area contributed by atoms with Gasteiger partial charge in [-0.2, -0.15) is 5.10 Å². The van der Waals surface area contributed by atoms with Gasteiger partial charge in [-0.15, -0.1) is 0 Å². The Balaban J connectivity index is 1.46. The Morgan fingerprint density at radius 3 is 2.76 bits per heavy atom. The Labute approximate surface area is 143 Å². The third-order valence-corrected chi connectivity index (χ3v) is 3.80. The molecule has 0 saturated carbocycles. The highest BCUT2D eigenvalue weighted by molar-refractivity contribution is 5.62. The van der Waals surface area contributed by atoms with Crippen molar-refractivity contribution in [1.82, 2.24) is 15.2 Å². The number of pyridine rings is 1. The van der Waals surface area contributed by atoms with Crippen LogP contribution in [0.2, 0.25) is 0 Å². The van der Waals surface area contributed by atoms with Crippen LogP contribution in [-0.2, 0) is 6.54 Å². The number of hydrogen-bond acceptors (Lipinski definition) is 4. The second-order valence-corrected chi connectivity index (χ2v) is 5.52. The first-order chi connectivity index (χ1) is 12.3. The number of furan rings is 1. The van der Waals surface area contributed by atoms with Gasteiger partial charge in [0.1, 0.15) is 17.3 Å². The van der Waals surface area contributed by atoms with E-state index in [0.717, 1.165) is 17.1 Å². The minimum atomic E-state index is -0.335. The lowest BCUT2D eigenvalue weighted by molar-refractivity contribution is 0.580. The molecule has 6 heteroatoms. The summed E-state index contributed by atoms with van der Waals surface area (Å²) in [6.45, 7) is 0.427. The van der Waals surface area contributed by atoms with Crippen molar-refractivity contribution in [3.05, 3.63) is 78.6 Å². The number of anilines is 1. The van der Waals surface area contributed by atoms with Crippen LogP contribution in [0.15, 0.2) is 71.5 Å². The number of rotatable bonds is 5. The molecule has 124 valence electrons. The lowest BCUT2D eigenvalue weighted by Gasteiger charge is -2.07. The molecule has 0 aliphatic heterocycles. The zero-order chi connectivity index (χ0) is 17.1. The van der Waals surface area contributed by atoms with Gasteiger partial charge in [0.2, 0.25) is 0 Å². The van der Waals surface area contributed by atoms with Crippen molar-refractivity contribution in [1.29, 1.82) is 0 Å². The molecule has 0 bridgehead atoms. The molecule has 4 rings (SSSR count). The van der Waals surface area contributed by atoms with Gasteiger partial charge < -0.3 is 9.73 Å². The van der Waals surface area contributed by atoms with Gasteiger partial charge in [-0.05, 0) is 48.5 Å². The van der Waals surface area contributed by atoms with Gasteiger partial charge in [-0.25, -0.2) is 4.39 Å². The van der Waals surface area contributed by atoms with Gasteiger partial charge >= 0.3 is 0 Å². The molecule has 1 aromatic carbocycles. The van der Waals surface area contributed by atoms with Crippen molar-refractivity contribution in [3.63, 3.8) is 0 Å². The molecular weight excluding hydrogens is 319 g/mol. The molecule has 2 N–H and O–H groups in total. The molecule has 0 amide bonds. The molecule has 5 nitrogen and oxygen atoms in total. The highest BCUT2D eigenvalue weighted by atomic mass is 19.1. The third-order valence-electron chi connectivity index (χ3n) is 3.80. The summed E-state index contributed by atoms with van der Waals surface area (Å²) in [5.74, 6) is 0.303. The molecule has 0 aliphatic carbocycles. The maximum Gasteiger partial charge on any atom is 0.147 e. The lowest BCUT2D eigenvalue weighted by atomic mass is 10.1. The normalized spacial score (nSPS) is 10.8. The van der Waals surface area contributed by atoms with Crippen LogP contribution in [0.4, 0.5) is 10.1 Å². The van der Waals surface area contributed by atoms with Gasteiger partial charge in [0.05, 0.1) is 29.9 Å². The highest BCUT2D eigenvalue weighted by Gasteiger charge is 2.08. The Morgan fingerprint density at radius 2 is 2.00 bits per heavy atom. The van der Waals surface area contributed by atoms with Crippen LogP contribution in [0.5, 0.6) is 0 Å². The largest absolute Gasteiger partial charge is 0.464 e. The summed E-state index contributed by atoms with van der Waals surface area (Å²) in [5.41, 5.74) is 3.51. The number of halogens is 1. The summed E-state index contributed by atoms with van der Waals surface area (Å²) in [7, 11) is 0. The second-order valence-electron chi connectivity index (χ2n) is 5.52. The number of benzene rings is 1. The number of nitrogens with zero attached hydrogens (tertiary/aromatic N) is 2. The van der Waals surface area contributed by atoms with E-state index < -0.39 is 0 Å². The average molecular weight is 334 g/mol. The zero-order valence-corrected chi connectivity index (χ0v) is 13.2. The fourth-order valence-corrected chi connectivity index (χ4v) is 2.54. The van der Waals surface area contributed by atoms with Crippen LogP contribution in [-0.4, -0.2) is 15.2 Å². The fourth-order valence-electron chi connectivity index (χ4n) is 2.54. The smallest absolute Gasteiger partial charge is 0.147 e. The van der Waals surface area contributed by atoms with E-state index in [2.05, 4.69) is 20.5 Å². The van der Waals surface area contributed by atoms with E-state index in [4.69, 9.17) is 4.42 Å². The van der Waals surface area contributed by atoms with Crippen molar-refractivity contribution in [2.45, 2.75) is 6.54 Å². The number of aromatic amines is 1. The van der Waals surface area contributed by atoms with Crippen LogP contribution >= 0.6 is 0 Å². The van der Waals surface area contributed by atoms with Crippen molar-refractivity contribution in [3.8, 4) is 22.7 Å². The van der Waals surface area contributed by atoms with Crippen molar-refractivity contribution >= 4 is 5.69 Å². The number of aromatic nitrogens is 3. The Hall–Kier alpha value is -3.41. The van der Waals surface area contributed by atoms with Crippen LogP contribution in [0, 0.1) is 5.82 Å². The van der Waals surface area contributed by atoms with E-state index in [1.807, 2.05) is 30.3 Å². The van der Waals surface area contributed by atoms with E-state index >= 15 is 0 Å². The Bertz CT molecular complexity index is 964. The summed E-state index contributed by atoms with van der Waals surface area (Å²) in [5, 5.41) is 10.2. The van der Waals surface area contributed by atoms with Gasteiger partial charge in [-0.3, -0.25) is 10.1 Å². The topological polar surface area (TPSA) is 66.7 Å². The monoisotopic (exact) mass is 334 g/mol. The minimum absolute atomic E-state index is 0.335. The van der Waals surface area contributed by atoms with Crippen molar-refractivity contribution < 1.29 is 8.81 Å². The number of hydrogen-bond donors (Lipinski definition) is 2. The average Bonchev–Trinajstić information content (AvgIpc) is 3.33. The number of H-pyrrole nitrogens is 1. The van der Waals surface area contributed by atoms with E-state index in [0.29, 0.717) is 23.6 Å². The molecule has 0 unspecified atom stereocenters. The van der Waals surface area contributed by atoms with Crippen molar-refractivity contribution in [2.75, 3.05) is 5.32 Å². The Kier molecular flexibility index (Phi) is 4.00. The maximum absolute atomic E-state index is 14.3. The predicted molar refractivity (Wildman–Crippen MR) is 93.2 cm³/mol. The molecule has 0 saturated heterocycles. The maximum atomic E-state index is 14.3. The fraction of sp³-hybridized carbons (Fsp3) is 0.0526. The summed E-state index contributed by atoms with van der Waals surface area (Å²) in [4.78, 5) is 4.26. The molecule has 0 radical (unpaired) electrons. The first kappa shape index (κ1) is 15.1. The SMILES string of the molecule is Fc1cc(-c2ccco2)ccc1NCc1cc(-c2ccccn2)n[nH]1. The van der Waals surface area contributed by atoms with Crippen LogP contribution in [0.1, 0.15) is 5.69 Å². The molecule has 25 heavy (non-hydrogen) atoms. The molecule has 0 fully saturated rings. The zero-order valence-electron chi connectivity index (χ0n) is 13.2. The lowest BCUT2D eigenvalue weighted by Crippen LogP contribution is -2.01. The molecule has 3 aromatic heterocycles. The minimum Gasteiger partial charge on any atom is -0.464 e. The summed E-state index contributed by atoms with van der Waals surface area (Å²) >= 11 is 0. The standard InChI is InChI=1S/C19H15FN4O/c20-15-10-13(19-5-3-9-25-19)6-7-16(15)22-12-14-11-18(24-23-14)17-4-1-2-8-21-17/h1-11,22H,12H2,(H,23,24). The Morgan fingerprint density at radius 1 is 1.04 bits per heavy atom. The van der Waals surface area contributed by atoms with E-state index in [-0.39, 0.29) is 5.82 Å². The predicted octanol–water partition coefficient (Wildman–Crippen LogP) is 4.48. The number of nitrogens with one attached hydrogen (secondary N) is 2. The van der Waals surface area contributed by atoms with Gasteiger partial charge in [0.15, 0.2) is 0 Å². The quantitative estimate of drug-likeness (QED) is 0.564. The van der Waals surface area contributed by atoms with E-state index in [9.17, 15) is 4.39 Å². The molecule has 0 aliphatic rings. The van der Waals surface area contributed by atoms with Gasteiger partial charge in [0.25, 0.3) is 0 Å². The third kappa shape index (κ3) is 3.28. The van der Waals surface area contributed by atoms with E-state index in [1.54, 1.807) is 30.7 Å². The summed E-state index contributed by atoms with van der Waals surface area (Å²) in [6.07, 6.45) is 3.29. The van der Waals surface area contributed by atoms with Crippen LogP contribution < -0.4 is 5.32 Å². The molecular formula is C19H15FN4O. The van der Waals surface area contributed by atoms with Crippen LogP contribution in [0.25, 0.3) is 22.7 Å². The van der Waals surface area contributed by atoms with E-state index in [1.165, 1.54) is 6.07 Å². The van der Waals surface area contributed by atoms with Gasteiger partial charge in [-0.1, -0.05) is 6.07 Å². The summed E-state index contributed by atoms with van der Waals surface area (Å²) in [6, 6.07) is 16.1. The second kappa shape index (κ2) is 6.60. The summed E-state index contributed by atoms with van der Waals surface area (Å²) < 4.78 is 19.6. The first-order valence-electron chi connectivity index (χ1n) is 7.82. The van der Waals surface area contributed by atoms with Crippen molar-refractivity contribution in [2.24, 2.45) is 0 Å². The first-order valence-corrected chi connectivity index (χ1v) is 7.82. The molecule has 0 spiro atoms. The molecule has 4 aromatic rings. The molecule has 0 atom stereocenters.